The number of ether oxygens (including phenoxy) is 1. The molecule has 0 saturated carbocycles. The van der Waals surface area contributed by atoms with E-state index < -0.39 is 0 Å². The number of carbonyl (C=O) groups is 1. The quantitative estimate of drug-likeness (QED) is 0.919. The van der Waals surface area contributed by atoms with Crippen LogP contribution in [0.3, 0.4) is 0 Å². The Balaban J connectivity index is 1.83. The Morgan fingerprint density at radius 2 is 1.88 bits per heavy atom. The predicted octanol–water partition coefficient (Wildman–Crippen LogP) is 3.13. The maximum atomic E-state index is 13.0. The number of nitrogens with zero attached hydrogens (tertiary/aromatic N) is 1. The molecule has 1 saturated heterocycles. The number of hydrogen-bond donors (Lipinski definition) is 1. The van der Waals surface area contributed by atoms with E-state index in [1.54, 1.807) is 7.11 Å². The molecule has 0 spiro atoms. The Bertz CT molecular complexity index is 669. The van der Waals surface area contributed by atoms with E-state index in [2.05, 4.69) is 0 Å². The Labute approximate surface area is 142 Å². The van der Waals surface area contributed by atoms with Crippen LogP contribution in [0.4, 0.5) is 0 Å². The molecule has 2 atom stereocenters. The fraction of sp³-hybridized carbons (Fsp3) is 0.350. The van der Waals surface area contributed by atoms with Crippen molar-refractivity contribution in [2.45, 2.75) is 24.8 Å². The Morgan fingerprint density at radius 3 is 2.50 bits per heavy atom. The average molecular weight is 325 g/mol. The van der Waals surface area contributed by atoms with Crippen LogP contribution in [0.2, 0.25) is 0 Å². The molecule has 0 bridgehead atoms. The van der Waals surface area contributed by atoms with Gasteiger partial charge in [-0.1, -0.05) is 42.5 Å². The molecule has 1 aliphatic rings. The van der Waals surface area contributed by atoms with Gasteiger partial charge < -0.3 is 14.7 Å². The number of benzene rings is 2. The summed E-state index contributed by atoms with van der Waals surface area (Å²) in [6.45, 7) is 0.622. The molecule has 24 heavy (non-hydrogen) atoms. The predicted molar refractivity (Wildman–Crippen MR) is 93.0 cm³/mol. The van der Waals surface area contributed by atoms with Crippen molar-refractivity contribution in [3.05, 3.63) is 65.7 Å². The van der Waals surface area contributed by atoms with Gasteiger partial charge in [0.2, 0.25) is 5.91 Å². The number of likely N-dealkylation sites (tertiary alicyclic amines) is 1. The molecule has 1 heterocycles. The van der Waals surface area contributed by atoms with Crippen LogP contribution in [0.5, 0.6) is 5.75 Å². The van der Waals surface area contributed by atoms with Crippen LogP contribution in [0, 0.1) is 0 Å². The molecule has 4 heteroatoms. The third-order valence-electron chi connectivity index (χ3n) is 4.72. The Kier molecular flexibility index (Phi) is 5.16. The maximum absolute atomic E-state index is 13.0. The van der Waals surface area contributed by atoms with Crippen LogP contribution in [-0.2, 0) is 4.79 Å². The third kappa shape index (κ3) is 3.29. The van der Waals surface area contributed by atoms with Crippen LogP contribution in [0.15, 0.2) is 54.6 Å². The van der Waals surface area contributed by atoms with Gasteiger partial charge in [-0.05, 0) is 36.1 Å². The van der Waals surface area contributed by atoms with Crippen LogP contribution in [0.1, 0.15) is 35.9 Å². The summed E-state index contributed by atoms with van der Waals surface area (Å²) in [5.74, 6) is 0.730. The Morgan fingerprint density at radius 1 is 1.17 bits per heavy atom. The van der Waals surface area contributed by atoms with E-state index in [9.17, 15) is 9.90 Å². The van der Waals surface area contributed by atoms with E-state index in [1.165, 1.54) is 0 Å². The minimum Gasteiger partial charge on any atom is -0.497 e. The van der Waals surface area contributed by atoms with Crippen molar-refractivity contribution in [2.24, 2.45) is 0 Å². The van der Waals surface area contributed by atoms with Crippen molar-refractivity contribution in [3.8, 4) is 5.75 Å². The Hall–Kier alpha value is -2.33. The van der Waals surface area contributed by atoms with Crippen molar-refractivity contribution in [1.82, 2.24) is 4.90 Å². The van der Waals surface area contributed by atoms with Crippen molar-refractivity contribution in [2.75, 3.05) is 20.3 Å². The fourth-order valence-corrected chi connectivity index (χ4v) is 3.41. The summed E-state index contributed by atoms with van der Waals surface area (Å²) in [6, 6.07) is 17.2. The van der Waals surface area contributed by atoms with Crippen molar-refractivity contribution >= 4 is 5.91 Å². The number of carbonyl (C=O) groups excluding carboxylic acids is 1. The van der Waals surface area contributed by atoms with Gasteiger partial charge in [0.25, 0.3) is 0 Å². The highest BCUT2D eigenvalue weighted by Gasteiger charge is 2.34. The zero-order valence-corrected chi connectivity index (χ0v) is 13.9. The summed E-state index contributed by atoms with van der Waals surface area (Å²) in [4.78, 5) is 14.9. The monoisotopic (exact) mass is 325 g/mol. The largest absolute Gasteiger partial charge is 0.497 e. The highest BCUT2D eigenvalue weighted by Crippen LogP contribution is 2.33. The minimum atomic E-state index is -0.278. The van der Waals surface area contributed by atoms with Crippen LogP contribution in [0.25, 0.3) is 0 Å². The number of piperidine rings is 1. The van der Waals surface area contributed by atoms with Gasteiger partial charge in [-0.15, -0.1) is 0 Å². The molecule has 3 rings (SSSR count). The second-order valence-corrected chi connectivity index (χ2v) is 6.11. The highest BCUT2D eigenvalue weighted by atomic mass is 16.5. The normalized spacial score (nSPS) is 19.2. The lowest BCUT2D eigenvalue weighted by Gasteiger charge is -2.37. The number of rotatable bonds is 5. The van der Waals surface area contributed by atoms with E-state index in [0.717, 1.165) is 29.7 Å². The highest BCUT2D eigenvalue weighted by molar-refractivity contribution is 5.85. The lowest BCUT2D eigenvalue weighted by molar-refractivity contribution is -0.139. The lowest BCUT2D eigenvalue weighted by Crippen LogP contribution is -2.43. The summed E-state index contributed by atoms with van der Waals surface area (Å²) in [6.07, 6.45) is 1.78. The third-order valence-corrected chi connectivity index (χ3v) is 4.72. The van der Waals surface area contributed by atoms with E-state index in [0.29, 0.717) is 6.54 Å². The van der Waals surface area contributed by atoms with Crippen LogP contribution >= 0.6 is 0 Å². The SMILES string of the molecule is COc1ccc([C@H]2CCCN([C@@H](CO)c3ccccc3)C2=O)cc1. The van der Waals surface area contributed by atoms with E-state index in [4.69, 9.17) is 4.74 Å². The zero-order chi connectivity index (χ0) is 16.9. The molecule has 4 nitrogen and oxygen atoms in total. The molecular formula is C20H23NO3. The van der Waals surface area contributed by atoms with Gasteiger partial charge in [0.1, 0.15) is 5.75 Å². The van der Waals surface area contributed by atoms with Crippen LogP contribution in [-0.4, -0.2) is 36.2 Å². The zero-order valence-electron chi connectivity index (χ0n) is 13.9. The molecule has 2 aromatic rings. The number of amides is 1. The molecular weight excluding hydrogens is 302 g/mol. The molecule has 1 fully saturated rings. The standard InChI is InChI=1S/C20H23NO3/c1-24-17-11-9-15(10-12-17)18-8-5-13-21(20(18)23)19(14-22)16-6-3-2-4-7-16/h2-4,6-7,9-12,18-19,22H,5,8,13-14H2,1H3/t18-,19+/m1/s1. The summed E-state index contributed by atoms with van der Waals surface area (Å²) in [7, 11) is 1.63. The first-order valence-electron chi connectivity index (χ1n) is 8.35. The molecule has 1 amide bonds. The molecule has 1 N–H and O–H groups in total. The smallest absolute Gasteiger partial charge is 0.230 e. The molecule has 0 radical (unpaired) electrons. The number of aliphatic hydroxyl groups excluding tert-OH is 1. The first-order chi connectivity index (χ1) is 11.7. The first-order valence-corrected chi connectivity index (χ1v) is 8.35. The van der Waals surface area contributed by atoms with Gasteiger partial charge in [0, 0.05) is 6.54 Å². The minimum absolute atomic E-state index is 0.0644. The number of aliphatic hydroxyl groups is 1. The summed E-state index contributed by atoms with van der Waals surface area (Å²) in [5, 5.41) is 9.86. The van der Waals surface area contributed by atoms with Gasteiger partial charge in [-0.3, -0.25) is 4.79 Å². The van der Waals surface area contributed by atoms with Gasteiger partial charge in [0.05, 0.1) is 25.7 Å². The number of methoxy groups -OCH3 is 1. The maximum Gasteiger partial charge on any atom is 0.230 e. The molecule has 0 unspecified atom stereocenters. The fourth-order valence-electron chi connectivity index (χ4n) is 3.41. The molecule has 0 aliphatic carbocycles. The van der Waals surface area contributed by atoms with E-state index >= 15 is 0 Å². The van der Waals surface area contributed by atoms with Crippen LogP contribution < -0.4 is 4.74 Å². The molecule has 126 valence electrons. The van der Waals surface area contributed by atoms with Gasteiger partial charge in [0.15, 0.2) is 0 Å². The topological polar surface area (TPSA) is 49.8 Å². The van der Waals surface area contributed by atoms with Crippen molar-refractivity contribution in [3.63, 3.8) is 0 Å². The van der Waals surface area contributed by atoms with Gasteiger partial charge >= 0.3 is 0 Å². The molecule has 1 aliphatic heterocycles. The van der Waals surface area contributed by atoms with E-state index in [-0.39, 0.29) is 24.5 Å². The summed E-state index contributed by atoms with van der Waals surface area (Å²) >= 11 is 0. The van der Waals surface area contributed by atoms with Crippen molar-refractivity contribution < 1.29 is 14.6 Å². The molecule has 2 aromatic carbocycles. The average Bonchev–Trinajstić information content (AvgIpc) is 2.65. The first kappa shape index (κ1) is 16.5. The van der Waals surface area contributed by atoms with Gasteiger partial charge in [-0.2, -0.15) is 0 Å². The lowest BCUT2D eigenvalue weighted by atomic mass is 9.88. The second-order valence-electron chi connectivity index (χ2n) is 6.11. The summed E-state index contributed by atoms with van der Waals surface area (Å²) < 4.78 is 5.19. The summed E-state index contributed by atoms with van der Waals surface area (Å²) in [5.41, 5.74) is 1.99. The number of hydrogen-bond acceptors (Lipinski definition) is 3. The van der Waals surface area contributed by atoms with Gasteiger partial charge in [-0.25, -0.2) is 0 Å². The van der Waals surface area contributed by atoms with E-state index in [1.807, 2.05) is 59.5 Å². The van der Waals surface area contributed by atoms with Crippen molar-refractivity contribution in [1.29, 1.82) is 0 Å². The molecule has 0 aromatic heterocycles. The second kappa shape index (κ2) is 7.49.